The molecule has 0 aliphatic rings. The molecule has 0 atom stereocenters. The summed E-state index contributed by atoms with van der Waals surface area (Å²) in [7, 11) is 0. The van der Waals surface area contributed by atoms with Gasteiger partial charge in [-0.2, -0.15) is 0 Å². The van der Waals surface area contributed by atoms with E-state index in [4.69, 9.17) is 16.3 Å². The third kappa shape index (κ3) is 6.41. The first-order valence-electron chi connectivity index (χ1n) is 9.01. The van der Waals surface area contributed by atoms with Crippen molar-refractivity contribution in [3.63, 3.8) is 0 Å². The molecule has 3 aromatic rings. The van der Waals surface area contributed by atoms with Gasteiger partial charge < -0.3 is 15.4 Å². The molecule has 7 heteroatoms. The Balaban J connectivity index is 1.49. The van der Waals surface area contributed by atoms with Gasteiger partial charge in [-0.15, -0.1) is 0 Å². The van der Waals surface area contributed by atoms with Crippen LogP contribution in [0.25, 0.3) is 0 Å². The number of nitrogens with zero attached hydrogens (tertiary/aromatic N) is 1. The minimum atomic E-state index is -0.315. The van der Waals surface area contributed by atoms with Crippen molar-refractivity contribution in [3.8, 4) is 0 Å². The second-order valence-corrected chi connectivity index (χ2v) is 6.63. The van der Waals surface area contributed by atoms with Crippen LogP contribution in [0.5, 0.6) is 0 Å². The highest BCUT2D eigenvalue weighted by atomic mass is 35.5. The van der Waals surface area contributed by atoms with Gasteiger partial charge in [-0.3, -0.25) is 14.6 Å². The normalized spacial score (nSPS) is 10.4. The lowest BCUT2D eigenvalue weighted by Crippen LogP contribution is -2.23. The average Bonchev–Trinajstić information content (AvgIpc) is 2.73. The zero-order valence-electron chi connectivity index (χ0n) is 15.6. The molecule has 2 N–H and O–H groups in total. The zero-order valence-corrected chi connectivity index (χ0v) is 16.4. The number of pyridine rings is 1. The van der Waals surface area contributed by atoms with Gasteiger partial charge in [0.1, 0.15) is 6.61 Å². The Labute approximate surface area is 173 Å². The van der Waals surface area contributed by atoms with Crippen molar-refractivity contribution in [2.24, 2.45) is 0 Å². The van der Waals surface area contributed by atoms with Crippen molar-refractivity contribution in [1.29, 1.82) is 0 Å². The third-order valence-corrected chi connectivity index (χ3v) is 4.31. The standard InChI is InChI=1S/C22H20ClN3O3/c23-20-12-17(26-21(27)15-29-14-16-6-2-1-3-7-16)9-10-19(20)22(28)25-13-18-8-4-5-11-24-18/h1-12H,13-15H2,(H,25,28)(H,26,27). The number of halogens is 1. The molecular weight excluding hydrogens is 390 g/mol. The Morgan fingerprint density at radius 3 is 2.52 bits per heavy atom. The van der Waals surface area contributed by atoms with Crippen molar-refractivity contribution >= 4 is 29.1 Å². The van der Waals surface area contributed by atoms with Gasteiger partial charge in [0, 0.05) is 11.9 Å². The number of ether oxygens (including phenoxy) is 1. The largest absolute Gasteiger partial charge is 0.367 e. The maximum atomic E-state index is 12.3. The van der Waals surface area contributed by atoms with E-state index in [1.54, 1.807) is 18.3 Å². The van der Waals surface area contributed by atoms with Gasteiger partial charge in [0.2, 0.25) is 5.91 Å². The molecular formula is C22H20ClN3O3. The summed E-state index contributed by atoms with van der Waals surface area (Å²) < 4.78 is 5.40. The van der Waals surface area contributed by atoms with Crippen LogP contribution < -0.4 is 10.6 Å². The number of carbonyl (C=O) groups excluding carboxylic acids is 2. The first kappa shape index (κ1) is 20.5. The summed E-state index contributed by atoms with van der Waals surface area (Å²) in [5.74, 6) is -0.617. The molecule has 2 amide bonds. The van der Waals surface area contributed by atoms with Gasteiger partial charge in [-0.25, -0.2) is 0 Å². The molecule has 29 heavy (non-hydrogen) atoms. The van der Waals surface area contributed by atoms with Crippen LogP contribution in [0, 0.1) is 0 Å². The van der Waals surface area contributed by atoms with Gasteiger partial charge in [0.25, 0.3) is 5.91 Å². The molecule has 0 radical (unpaired) electrons. The minimum absolute atomic E-state index is 0.0845. The molecule has 1 heterocycles. The summed E-state index contributed by atoms with van der Waals surface area (Å²) in [5.41, 5.74) is 2.55. The Morgan fingerprint density at radius 2 is 1.79 bits per heavy atom. The number of carbonyl (C=O) groups is 2. The molecule has 0 saturated carbocycles. The maximum Gasteiger partial charge on any atom is 0.253 e. The van der Waals surface area contributed by atoms with Crippen molar-refractivity contribution in [3.05, 3.63) is 94.8 Å². The number of amides is 2. The molecule has 3 rings (SSSR count). The second kappa shape index (κ2) is 10.4. The van der Waals surface area contributed by atoms with E-state index in [1.165, 1.54) is 6.07 Å². The van der Waals surface area contributed by atoms with Gasteiger partial charge in [0.05, 0.1) is 29.4 Å². The second-order valence-electron chi connectivity index (χ2n) is 6.22. The van der Waals surface area contributed by atoms with E-state index in [9.17, 15) is 9.59 Å². The predicted octanol–water partition coefficient (Wildman–Crippen LogP) is 3.82. The van der Waals surface area contributed by atoms with Crippen LogP contribution in [0.4, 0.5) is 5.69 Å². The van der Waals surface area contributed by atoms with Gasteiger partial charge >= 0.3 is 0 Å². The summed E-state index contributed by atoms with van der Waals surface area (Å²) in [6.07, 6.45) is 1.66. The lowest BCUT2D eigenvalue weighted by atomic mass is 10.2. The van der Waals surface area contributed by atoms with Crippen LogP contribution in [0.1, 0.15) is 21.6 Å². The number of anilines is 1. The van der Waals surface area contributed by atoms with Gasteiger partial charge in [-0.05, 0) is 35.9 Å². The summed E-state index contributed by atoms with van der Waals surface area (Å²) in [5, 5.41) is 5.71. The molecule has 6 nitrogen and oxygen atoms in total. The third-order valence-electron chi connectivity index (χ3n) is 4.00. The molecule has 2 aromatic carbocycles. The van der Waals surface area contributed by atoms with Crippen LogP contribution in [0.2, 0.25) is 5.02 Å². The summed E-state index contributed by atoms with van der Waals surface area (Å²) >= 11 is 6.21. The van der Waals surface area contributed by atoms with Crippen molar-refractivity contribution < 1.29 is 14.3 Å². The van der Waals surface area contributed by atoms with E-state index in [0.717, 1.165) is 11.3 Å². The number of nitrogens with one attached hydrogen (secondary N) is 2. The van der Waals surface area contributed by atoms with Crippen LogP contribution in [-0.2, 0) is 22.7 Å². The van der Waals surface area contributed by atoms with E-state index in [-0.39, 0.29) is 23.4 Å². The molecule has 0 bridgehead atoms. The molecule has 0 spiro atoms. The van der Waals surface area contributed by atoms with E-state index in [1.807, 2.05) is 48.5 Å². The van der Waals surface area contributed by atoms with Crippen LogP contribution in [0.15, 0.2) is 72.9 Å². The Kier molecular flexibility index (Phi) is 7.33. The molecule has 0 unspecified atom stereocenters. The van der Waals surface area contributed by atoms with Crippen LogP contribution >= 0.6 is 11.6 Å². The number of hydrogen-bond acceptors (Lipinski definition) is 4. The van der Waals surface area contributed by atoms with E-state index >= 15 is 0 Å². The highest BCUT2D eigenvalue weighted by Crippen LogP contribution is 2.21. The maximum absolute atomic E-state index is 12.3. The van der Waals surface area contributed by atoms with Crippen molar-refractivity contribution in [2.45, 2.75) is 13.2 Å². The smallest absolute Gasteiger partial charge is 0.253 e. The van der Waals surface area contributed by atoms with Crippen molar-refractivity contribution in [2.75, 3.05) is 11.9 Å². The summed E-state index contributed by atoms with van der Waals surface area (Å²) in [6, 6.07) is 19.8. The zero-order chi connectivity index (χ0) is 20.5. The molecule has 0 aliphatic heterocycles. The Morgan fingerprint density at radius 1 is 1.00 bits per heavy atom. The fourth-order valence-electron chi connectivity index (χ4n) is 2.58. The first-order chi connectivity index (χ1) is 14.1. The Hall–Kier alpha value is -3.22. The van der Waals surface area contributed by atoms with Gasteiger partial charge in [0.15, 0.2) is 0 Å². The molecule has 148 valence electrons. The molecule has 0 aliphatic carbocycles. The highest BCUT2D eigenvalue weighted by molar-refractivity contribution is 6.34. The average molecular weight is 410 g/mol. The topological polar surface area (TPSA) is 80.3 Å². The summed E-state index contributed by atoms with van der Waals surface area (Å²) in [6.45, 7) is 0.566. The van der Waals surface area contributed by atoms with E-state index in [2.05, 4.69) is 15.6 Å². The first-order valence-corrected chi connectivity index (χ1v) is 9.39. The fourth-order valence-corrected chi connectivity index (χ4v) is 2.85. The predicted molar refractivity (Wildman–Crippen MR) is 112 cm³/mol. The number of aromatic nitrogens is 1. The van der Waals surface area contributed by atoms with E-state index in [0.29, 0.717) is 24.4 Å². The van der Waals surface area contributed by atoms with Crippen LogP contribution in [0.3, 0.4) is 0 Å². The quantitative estimate of drug-likeness (QED) is 0.592. The summed E-state index contributed by atoms with van der Waals surface area (Å²) in [4.78, 5) is 28.5. The fraction of sp³-hybridized carbons (Fsp3) is 0.136. The molecule has 0 fully saturated rings. The molecule has 1 aromatic heterocycles. The van der Waals surface area contributed by atoms with Gasteiger partial charge in [-0.1, -0.05) is 48.0 Å². The lowest BCUT2D eigenvalue weighted by molar-refractivity contribution is -0.121. The lowest BCUT2D eigenvalue weighted by Gasteiger charge is -2.10. The SMILES string of the molecule is O=C(COCc1ccccc1)Nc1ccc(C(=O)NCc2ccccn2)c(Cl)c1. The minimum Gasteiger partial charge on any atom is -0.367 e. The van der Waals surface area contributed by atoms with Crippen molar-refractivity contribution in [1.82, 2.24) is 10.3 Å². The van der Waals surface area contributed by atoms with E-state index < -0.39 is 0 Å². The molecule has 0 saturated heterocycles. The number of benzene rings is 2. The highest BCUT2D eigenvalue weighted by Gasteiger charge is 2.12. The van der Waals surface area contributed by atoms with Crippen LogP contribution in [-0.4, -0.2) is 23.4 Å². The Bertz CT molecular complexity index is 966. The number of rotatable bonds is 8. The number of hydrogen-bond donors (Lipinski definition) is 2. The monoisotopic (exact) mass is 409 g/mol.